The Morgan fingerprint density at radius 2 is 1.09 bits per heavy atom. The molecule has 0 aromatic heterocycles. The number of unbranched alkanes of at least 4 members (excludes halogenated alkanes) is 2. The van der Waals surface area contributed by atoms with E-state index in [4.69, 9.17) is 22.9 Å². The number of hydrogen-bond donors (Lipinski definition) is 10. The van der Waals surface area contributed by atoms with Crippen LogP contribution in [0.25, 0.3) is 0 Å². The summed E-state index contributed by atoms with van der Waals surface area (Å²) in [5, 5.41) is 31.8. The molecule has 24 nitrogen and oxygen atoms in total. The summed E-state index contributed by atoms with van der Waals surface area (Å²) >= 11 is 1.44. The molecule has 4 atom stereocenters. The number of nitrogens with one attached hydrogen (secondary N) is 4. The largest absolute Gasteiger partial charge is 0.481 e. The van der Waals surface area contributed by atoms with E-state index >= 15 is 0 Å². The van der Waals surface area contributed by atoms with Crippen molar-refractivity contribution in [2.75, 3.05) is 84.3 Å². The average molecular weight is 1230 g/mol. The number of carbonyl (C=O) groups excluding carboxylic acids is 8. The van der Waals surface area contributed by atoms with Gasteiger partial charge in [0.05, 0.1) is 32.1 Å². The van der Waals surface area contributed by atoms with Gasteiger partial charge in [-0.3, -0.25) is 47.9 Å². The van der Waals surface area contributed by atoms with Crippen LogP contribution in [0, 0.1) is 0 Å². The molecule has 14 N–H and O–H groups in total. The number of carboxylic acids is 2. The van der Waals surface area contributed by atoms with E-state index in [1.165, 1.54) is 26.5 Å². The van der Waals surface area contributed by atoms with E-state index in [0.717, 1.165) is 16.7 Å². The maximum absolute atomic E-state index is 14.6. The summed E-state index contributed by atoms with van der Waals surface area (Å²) < 4.78 is 0. The molecule has 478 valence electrons. The predicted octanol–water partition coefficient (Wildman–Crippen LogP) is 1.75. The molecule has 3 aromatic rings. The van der Waals surface area contributed by atoms with Crippen LogP contribution in [0.2, 0.25) is 0 Å². The molecule has 2 heterocycles. The van der Waals surface area contributed by atoms with Gasteiger partial charge in [-0.2, -0.15) is 11.8 Å². The molecule has 2 bridgehead atoms. The lowest BCUT2D eigenvalue weighted by molar-refractivity contribution is -0.142. The van der Waals surface area contributed by atoms with Crippen molar-refractivity contribution in [1.29, 1.82) is 0 Å². The molecule has 5 rings (SSSR count). The zero-order chi connectivity index (χ0) is 63.3. The number of aliphatic carboxylic acids is 2. The number of nitrogens with zero attached hydrogens (tertiary/aromatic N) is 4. The lowest BCUT2D eigenvalue weighted by atomic mass is 10.0. The van der Waals surface area contributed by atoms with E-state index < -0.39 is 104 Å². The van der Waals surface area contributed by atoms with Gasteiger partial charge in [-0.25, -0.2) is 0 Å². The van der Waals surface area contributed by atoms with Crippen LogP contribution >= 0.6 is 11.8 Å². The van der Waals surface area contributed by atoms with Gasteiger partial charge in [-0.1, -0.05) is 85.6 Å². The molecular formula is C62H92N12O12S. The maximum atomic E-state index is 14.6. The van der Waals surface area contributed by atoms with Crippen LogP contribution in [0.15, 0.2) is 84.9 Å². The summed E-state index contributed by atoms with van der Waals surface area (Å²) in [5.74, 6) is -5.59. The fraction of sp³-hybridized carbons (Fsp3) is 0.548. The average Bonchev–Trinajstić information content (AvgIpc) is 3.58. The second-order valence-electron chi connectivity index (χ2n) is 21.9. The molecule has 0 spiro atoms. The Morgan fingerprint density at radius 3 is 1.68 bits per heavy atom. The number of aryl methyl sites for hydroxylation is 1. The smallest absolute Gasteiger partial charge is 0.303 e. The number of hydrogen-bond acceptors (Lipinski definition) is 15. The monoisotopic (exact) mass is 1230 g/mol. The van der Waals surface area contributed by atoms with E-state index in [-0.39, 0.29) is 96.2 Å². The van der Waals surface area contributed by atoms with Gasteiger partial charge in [0.25, 0.3) is 5.91 Å². The van der Waals surface area contributed by atoms with Crippen molar-refractivity contribution >= 4 is 71.0 Å². The molecule has 0 aliphatic carbocycles. The minimum atomic E-state index is -1.22. The minimum Gasteiger partial charge on any atom is -0.481 e. The summed E-state index contributed by atoms with van der Waals surface area (Å²) in [7, 11) is 0. The van der Waals surface area contributed by atoms with Gasteiger partial charge < -0.3 is 74.0 Å². The SMILES string of the molecule is NCCCC[C@H]1CN(C(=O)CCCN)CCN[C@@H](CCC(=O)O)CN(CC(N)=O)C(=O)CCSCc2ccc(cc2)C(=O)N[C@@H](CCCCN)CN(C(=O)CCC(=O)O)CC(=O)N[C@@H](Cc2ccccc2)CN(C(=O)CCc2ccccc2)CC(=O)N1. The number of nitrogens with two attached hydrogens (primary N) is 4. The number of thioether (sulfide) groups is 1. The highest BCUT2D eigenvalue weighted by Gasteiger charge is 2.30. The molecule has 0 saturated carbocycles. The number of carbonyl (C=O) groups is 10. The van der Waals surface area contributed by atoms with Crippen LogP contribution in [0.3, 0.4) is 0 Å². The van der Waals surface area contributed by atoms with Gasteiger partial charge in [0.1, 0.15) is 0 Å². The molecule has 8 amide bonds. The van der Waals surface area contributed by atoms with Gasteiger partial charge >= 0.3 is 11.9 Å². The van der Waals surface area contributed by atoms with Crippen LogP contribution < -0.4 is 44.2 Å². The second-order valence-corrected chi connectivity index (χ2v) is 23.0. The molecule has 0 unspecified atom stereocenters. The van der Waals surface area contributed by atoms with Crippen LogP contribution in [0.1, 0.15) is 117 Å². The van der Waals surface area contributed by atoms with Gasteiger partial charge in [0, 0.05) is 107 Å². The Balaban J connectivity index is 1.81. The van der Waals surface area contributed by atoms with Gasteiger partial charge in [-0.05, 0) is 99.8 Å². The third-order valence-corrected chi connectivity index (χ3v) is 15.7. The highest BCUT2D eigenvalue weighted by atomic mass is 32.2. The summed E-state index contributed by atoms with van der Waals surface area (Å²) in [6, 6.07) is 22.5. The number of carboxylic acid groups (broad SMARTS) is 2. The quantitative estimate of drug-likeness (QED) is 0.0451. The van der Waals surface area contributed by atoms with E-state index in [2.05, 4.69) is 21.3 Å². The Kier molecular flexibility index (Phi) is 33.8. The van der Waals surface area contributed by atoms with Crippen LogP contribution in [-0.2, 0) is 61.7 Å². The highest BCUT2D eigenvalue weighted by molar-refractivity contribution is 7.98. The van der Waals surface area contributed by atoms with Crippen molar-refractivity contribution in [2.45, 2.75) is 133 Å². The Labute approximate surface area is 515 Å². The number of rotatable bonds is 24. The number of primary amides is 1. The zero-order valence-corrected chi connectivity index (χ0v) is 50.9. The first kappa shape index (κ1) is 72.0. The third-order valence-electron chi connectivity index (χ3n) is 14.7. The summed E-state index contributed by atoms with van der Waals surface area (Å²) in [6.07, 6.45) is 2.89. The first-order chi connectivity index (χ1) is 41.8. The molecule has 25 heteroatoms. The van der Waals surface area contributed by atoms with E-state index in [1.54, 1.807) is 29.2 Å². The molecule has 87 heavy (non-hydrogen) atoms. The third kappa shape index (κ3) is 29.7. The Morgan fingerprint density at radius 1 is 0.552 bits per heavy atom. The van der Waals surface area contributed by atoms with Crippen LogP contribution in [-0.4, -0.2) is 197 Å². The normalized spacial score (nSPS) is 18.8. The lowest BCUT2D eigenvalue weighted by Crippen LogP contribution is -2.54. The van der Waals surface area contributed by atoms with Gasteiger partial charge in [0.2, 0.25) is 41.4 Å². The van der Waals surface area contributed by atoms with Crippen LogP contribution in [0.4, 0.5) is 0 Å². The first-order valence-electron chi connectivity index (χ1n) is 30.2. The van der Waals surface area contributed by atoms with Crippen molar-refractivity contribution in [1.82, 2.24) is 40.9 Å². The topological polar surface area (TPSA) is 376 Å². The van der Waals surface area contributed by atoms with Crippen molar-refractivity contribution in [3.63, 3.8) is 0 Å². The number of benzene rings is 3. The number of fused-ring (bicyclic) bond motifs is 29. The molecule has 2 aliphatic heterocycles. The van der Waals surface area contributed by atoms with Crippen molar-refractivity contribution in [3.8, 4) is 0 Å². The van der Waals surface area contributed by atoms with E-state index in [9.17, 15) is 58.2 Å². The van der Waals surface area contributed by atoms with Crippen molar-refractivity contribution in [2.24, 2.45) is 22.9 Å². The number of amides is 8. The lowest BCUT2D eigenvalue weighted by Gasteiger charge is -2.32. The van der Waals surface area contributed by atoms with Gasteiger partial charge in [0.15, 0.2) is 0 Å². The van der Waals surface area contributed by atoms with Crippen LogP contribution in [0.5, 0.6) is 0 Å². The van der Waals surface area contributed by atoms with E-state index in [0.29, 0.717) is 81.5 Å². The summed E-state index contributed by atoms with van der Waals surface area (Å²) in [4.78, 5) is 141. The Hall–Kier alpha value is -7.45. The Bertz CT molecular complexity index is 2640. The standard InChI is InChI=1S/C62H92N12O12S/c63-30-9-7-16-50-38-71(56(78)18-11-32-65)34-33-67-49(24-27-60(82)83)37-72(41-53(66)75)59(81)29-35-87-44-47-19-22-48(23-20-47)62(86)70-51(17-8-10-31-64)39-73(58(80)26-28-61(84)85)43-55(77)69-52(36-46-14-5-2-6-15-46)40-74(42-54(76)68-50)57(79)25-21-45-12-3-1-4-13-45/h1-6,12-15,19-20,22-23,49-52,67H,7-11,16-18,21,24-44,63-65H2,(H2,66,75)(H,68,76)(H,69,77)(H,70,86)(H,82,83)(H,84,85)/t49-,50-,51-,52-/m0/s1. The fourth-order valence-corrected chi connectivity index (χ4v) is 11.0. The molecule has 0 fully saturated rings. The highest BCUT2D eigenvalue weighted by Crippen LogP contribution is 2.18. The van der Waals surface area contributed by atoms with Gasteiger partial charge in [-0.15, -0.1) is 0 Å². The van der Waals surface area contributed by atoms with Crippen molar-refractivity contribution < 1.29 is 58.2 Å². The minimum absolute atomic E-state index is 0.00606. The molecular weight excluding hydrogens is 1140 g/mol. The fourth-order valence-electron chi connectivity index (χ4n) is 10.1. The van der Waals surface area contributed by atoms with E-state index in [1.807, 2.05) is 60.7 Å². The maximum Gasteiger partial charge on any atom is 0.303 e. The summed E-state index contributed by atoms with van der Waals surface area (Å²) in [6.45, 7) is -0.609. The van der Waals surface area contributed by atoms with Crippen molar-refractivity contribution in [3.05, 3.63) is 107 Å². The molecule has 3 aromatic carbocycles. The zero-order valence-electron chi connectivity index (χ0n) is 50.1. The molecule has 2 aliphatic rings. The predicted molar refractivity (Wildman–Crippen MR) is 332 cm³/mol. The molecule has 0 saturated heterocycles. The summed E-state index contributed by atoms with van der Waals surface area (Å²) in [5.41, 5.74) is 26.1. The second kappa shape index (κ2) is 40.8. The first-order valence-corrected chi connectivity index (χ1v) is 31.3. The molecule has 0 radical (unpaired) electrons.